The van der Waals surface area contributed by atoms with Crippen LogP contribution in [0, 0.1) is 0 Å². The summed E-state index contributed by atoms with van der Waals surface area (Å²) >= 11 is 0. The van der Waals surface area contributed by atoms with Gasteiger partial charge in [0.1, 0.15) is 6.04 Å². The van der Waals surface area contributed by atoms with Crippen molar-refractivity contribution in [2.75, 3.05) is 20.3 Å². The van der Waals surface area contributed by atoms with Crippen LogP contribution in [-0.4, -0.2) is 47.2 Å². The summed E-state index contributed by atoms with van der Waals surface area (Å²) in [4.78, 5) is 14.2. The fourth-order valence-electron chi connectivity index (χ4n) is 1.04. The Morgan fingerprint density at radius 1 is 1.75 bits per heavy atom. The molecule has 1 rings (SSSR count). The van der Waals surface area contributed by atoms with Gasteiger partial charge in [-0.15, -0.1) is 0 Å². The Balaban J connectivity index is 2.33. The number of rotatable bonds is 3. The summed E-state index contributed by atoms with van der Waals surface area (Å²) in [5.74, 6) is -0.960. The topological polar surface area (TPSA) is 69.8 Å². The number of hydrogen-bond acceptors (Lipinski definition) is 4. The molecule has 12 heavy (non-hydrogen) atoms. The lowest BCUT2D eigenvalue weighted by Crippen LogP contribution is -2.41. The van der Waals surface area contributed by atoms with Crippen molar-refractivity contribution in [3.05, 3.63) is 12.4 Å². The molecule has 0 aliphatic carbocycles. The van der Waals surface area contributed by atoms with Crippen LogP contribution in [0.25, 0.3) is 0 Å². The van der Waals surface area contributed by atoms with Crippen molar-refractivity contribution in [1.29, 1.82) is 0 Å². The molecule has 0 fully saturated rings. The highest BCUT2D eigenvalue weighted by atomic mass is 16.4. The molecular formula is C7H13N3O2. The van der Waals surface area contributed by atoms with Gasteiger partial charge in [0.2, 0.25) is 0 Å². The number of nitrogens with two attached hydrogens (primary N) is 1. The molecule has 1 heterocycles. The van der Waals surface area contributed by atoms with E-state index in [9.17, 15) is 4.79 Å². The van der Waals surface area contributed by atoms with Crippen LogP contribution in [0.4, 0.5) is 0 Å². The third-order valence-corrected chi connectivity index (χ3v) is 1.69. The summed E-state index contributed by atoms with van der Waals surface area (Å²) in [6.45, 7) is 1.07. The molecule has 0 radical (unpaired) electrons. The SMILES string of the molecule is CN1C=CN(CC(N)C(=O)O)C1. The summed E-state index contributed by atoms with van der Waals surface area (Å²) in [6, 6.07) is -0.804. The van der Waals surface area contributed by atoms with Crippen molar-refractivity contribution in [2.24, 2.45) is 5.73 Å². The van der Waals surface area contributed by atoms with E-state index in [1.54, 1.807) is 0 Å². The largest absolute Gasteiger partial charge is 0.480 e. The Morgan fingerprint density at radius 2 is 2.42 bits per heavy atom. The molecule has 3 N–H and O–H groups in total. The van der Waals surface area contributed by atoms with Crippen LogP contribution >= 0.6 is 0 Å². The van der Waals surface area contributed by atoms with Crippen LogP contribution in [-0.2, 0) is 4.79 Å². The lowest BCUT2D eigenvalue weighted by Gasteiger charge is -2.19. The van der Waals surface area contributed by atoms with E-state index in [1.165, 1.54) is 0 Å². The Bertz CT molecular complexity index is 205. The van der Waals surface area contributed by atoms with E-state index in [2.05, 4.69) is 0 Å². The van der Waals surface area contributed by atoms with Crippen LogP contribution in [0.2, 0.25) is 0 Å². The lowest BCUT2D eigenvalue weighted by molar-refractivity contribution is -0.138. The summed E-state index contributed by atoms with van der Waals surface area (Å²) < 4.78 is 0. The van der Waals surface area contributed by atoms with Crippen LogP contribution in [0.1, 0.15) is 0 Å². The van der Waals surface area contributed by atoms with Crippen molar-refractivity contribution in [3.63, 3.8) is 0 Å². The summed E-state index contributed by atoms with van der Waals surface area (Å²) in [7, 11) is 1.92. The number of hydrogen-bond donors (Lipinski definition) is 2. The zero-order chi connectivity index (χ0) is 9.14. The Hall–Kier alpha value is -1.23. The fraction of sp³-hybridized carbons (Fsp3) is 0.571. The molecule has 0 spiro atoms. The third kappa shape index (κ3) is 2.13. The Labute approximate surface area is 71.0 Å². The van der Waals surface area contributed by atoms with Gasteiger partial charge in [-0.05, 0) is 0 Å². The van der Waals surface area contributed by atoms with E-state index in [1.807, 2.05) is 29.2 Å². The maximum Gasteiger partial charge on any atom is 0.322 e. The van der Waals surface area contributed by atoms with Crippen molar-refractivity contribution in [1.82, 2.24) is 9.80 Å². The monoisotopic (exact) mass is 171 g/mol. The molecule has 1 aliphatic rings. The minimum absolute atomic E-state index is 0.357. The summed E-state index contributed by atoms with van der Waals surface area (Å²) in [5, 5.41) is 8.52. The summed E-state index contributed by atoms with van der Waals surface area (Å²) in [5.41, 5.74) is 5.35. The second-order valence-electron chi connectivity index (χ2n) is 2.91. The molecule has 68 valence electrons. The van der Waals surface area contributed by atoms with Gasteiger partial charge < -0.3 is 20.6 Å². The second kappa shape index (κ2) is 3.44. The molecule has 1 atom stereocenters. The summed E-state index contributed by atoms with van der Waals surface area (Å²) in [6.07, 6.45) is 3.72. The number of carbonyl (C=O) groups is 1. The second-order valence-corrected chi connectivity index (χ2v) is 2.91. The lowest BCUT2D eigenvalue weighted by atomic mass is 10.3. The Morgan fingerprint density at radius 3 is 2.83 bits per heavy atom. The molecule has 0 saturated heterocycles. The third-order valence-electron chi connectivity index (χ3n) is 1.69. The molecule has 1 aliphatic heterocycles. The van der Waals surface area contributed by atoms with Gasteiger partial charge in [0.05, 0.1) is 6.67 Å². The highest BCUT2D eigenvalue weighted by Gasteiger charge is 2.16. The molecule has 0 aromatic rings. The van der Waals surface area contributed by atoms with Gasteiger partial charge in [0.25, 0.3) is 0 Å². The van der Waals surface area contributed by atoms with Gasteiger partial charge in [0.15, 0.2) is 0 Å². The predicted molar refractivity (Wildman–Crippen MR) is 44.1 cm³/mol. The number of aliphatic carboxylic acids is 1. The average molecular weight is 171 g/mol. The molecule has 5 nitrogen and oxygen atoms in total. The minimum atomic E-state index is -0.960. The maximum absolute atomic E-state index is 10.4. The first-order valence-corrected chi connectivity index (χ1v) is 3.70. The normalized spacial score (nSPS) is 18.5. The van der Waals surface area contributed by atoms with Crippen LogP contribution < -0.4 is 5.73 Å². The van der Waals surface area contributed by atoms with Crippen LogP contribution in [0.15, 0.2) is 12.4 Å². The first kappa shape index (κ1) is 8.86. The van der Waals surface area contributed by atoms with E-state index >= 15 is 0 Å². The zero-order valence-corrected chi connectivity index (χ0v) is 6.97. The zero-order valence-electron chi connectivity index (χ0n) is 6.97. The van der Waals surface area contributed by atoms with Gasteiger partial charge in [-0.2, -0.15) is 0 Å². The highest BCUT2D eigenvalue weighted by molar-refractivity contribution is 5.73. The van der Waals surface area contributed by atoms with Gasteiger partial charge in [-0.25, -0.2) is 0 Å². The van der Waals surface area contributed by atoms with E-state index in [0.29, 0.717) is 13.2 Å². The Kier molecular flexibility index (Phi) is 2.54. The maximum atomic E-state index is 10.4. The minimum Gasteiger partial charge on any atom is -0.480 e. The highest BCUT2D eigenvalue weighted by Crippen LogP contribution is 2.03. The van der Waals surface area contributed by atoms with E-state index in [4.69, 9.17) is 10.8 Å². The van der Waals surface area contributed by atoms with Gasteiger partial charge in [-0.3, -0.25) is 4.79 Å². The van der Waals surface area contributed by atoms with Crippen molar-refractivity contribution in [2.45, 2.75) is 6.04 Å². The number of nitrogens with zero attached hydrogens (tertiary/aromatic N) is 2. The quantitative estimate of drug-likeness (QED) is 0.574. The van der Waals surface area contributed by atoms with Crippen molar-refractivity contribution < 1.29 is 9.90 Å². The van der Waals surface area contributed by atoms with Crippen LogP contribution in [0.5, 0.6) is 0 Å². The molecule has 0 amide bonds. The van der Waals surface area contributed by atoms with E-state index in [0.717, 1.165) is 0 Å². The average Bonchev–Trinajstić information content (AvgIpc) is 2.35. The molecule has 0 aromatic carbocycles. The smallest absolute Gasteiger partial charge is 0.322 e. The molecule has 0 saturated carbocycles. The molecule has 5 heteroatoms. The van der Waals surface area contributed by atoms with E-state index in [-0.39, 0.29) is 0 Å². The van der Waals surface area contributed by atoms with Crippen molar-refractivity contribution in [3.8, 4) is 0 Å². The first-order chi connectivity index (χ1) is 5.59. The number of carboxylic acid groups (broad SMARTS) is 1. The molecule has 0 aromatic heterocycles. The first-order valence-electron chi connectivity index (χ1n) is 3.70. The molecular weight excluding hydrogens is 158 g/mol. The van der Waals surface area contributed by atoms with Crippen LogP contribution in [0.3, 0.4) is 0 Å². The van der Waals surface area contributed by atoms with Gasteiger partial charge in [0, 0.05) is 26.0 Å². The number of carboxylic acids is 1. The van der Waals surface area contributed by atoms with Gasteiger partial charge in [-0.1, -0.05) is 0 Å². The standard InChI is InChI=1S/C7H13N3O2/c1-9-2-3-10(5-9)4-6(8)7(11)12/h2-3,6H,4-5,8H2,1H3,(H,11,12). The van der Waals surface area contributed by atoms with Gasteiger partial charge >= 0.3 is 5.97 Å². The van der Waals surface area contributed by atoms with E-state index < -0.39 is 12.0 Å². The predicted octanol–water partition coefficient (Wildman–Crippen LogP) is -0.926. The fourth-order valence-corrected chi connectivity index (χ4v) is 1.04. The molecule has 0 bridgehead atoms. The molecule has 1 unspecified atom stereocenters. The van der Waals surface area contributed by atoms with Crippen molar-refractivity contribution >= 4 is 5.97 Å².